The van der Waals surface area contributed by atoms with E-state index in [0.717, 1.165) is 21.6 Å². The first-order valence-corrected chi connectivity index (χ1v) is 7.56. The molecule has 1 unspecified atom stereocenters. The fourth-order valence-corrected chi connectivity index (χ4v) is 3.23. The van der Waals surface area contributed by atoms with E-state index in [2.05, 4.69) is 21.2 Å². The van der Waals surface area contributed by atoms with Crippen molar-refractivity contribution >= 4 is 27.3 Å². The molecule has 6 heteroatoms. The third-order valence-electron chi connectivity index (χ3n) is 2.54. The molecule has 0 aromatic carbocycles. The quantitative estimate of drug-likeness (QED) is 0.752. The van der Waals surface area contributed by atoms with E-state index in [1.54, 1.807) is 11.3 Å². The summed E-state index contributed by atoms with van der Waals surface area (Å²) in [7, 11) is 0. The molecule has 0 spiro atoms. The Hall–Kier alpha value is -0.0700. The van der Waals surface area contributed by atoms with Crippen LogP contribution in [0.2, 0.25) is 0 Å². The van der Waals surface area contributed by atoms with Crippen molar-refractivity contribution in [2.24, 2.45) is 0 Å². The average Bonchev–Trinajstić information content (AvgIpc) is 2.67. The van der Waals surface area contributed by atoms with Crippen LogP contribution in [0, 0.1) is 0 Å². The van der Waals surface area contributed by atoms with Gasteiger partial charge in [0, 0.05) is 17.3 Å². The molecule has 0 radical (unpaired) electrons. The van der Waals surface area contributed by atoms with Crippen molar-refractivity contribution < 1.29 is 13.2 Å². The predicted octanol–water partition coefficient (Wildman–Crippen LogP) is 4.76. The van der Waals surface area contributed by atoms with Gasteiger partial charge in [-0.15, -0.1) is 11.3 Å². The number of halogens is 4. The Labute approximate surface area is 118 Å². The second-order valence-corrected chi connectivity index (χ2v) is 6.76. The first-order chi connectivity index (χ1) is 8.40. The van der Waals surface area contributed by atoms with Crippen LogP contribution in [0.5, 0.6) is 0 Å². The zero-order valence-corrected chi connectivity index (χ0v) is 12.6. The second kappa shape index (κ2) is 7.50. The maximum atomic E-state index is 12.2. The molecule has 1 heterocycles. The van der Waals surface area contributed by atoms with Gasteiger partial charge in [0.1, 0.15) is 0 Å². The van der Waals surface area contributed by atoms with Gasteiger partial charge in [-0.3, -0.25) is 0 Å². The molecule has 1 aromatic heterocycles. The highest BCUT2D eigenvalue weighted by Crippen LogP contribution is 2.26. The van der Waals surface area contributed by atoms with Crippen molar-refractivity contribution in [2.45, 2.75) is 44.8 Å². The first-order valence-electron chi connectivity index (χ1n) is 5.95. The minimum absolute atomic E-state index is 0.0999. The summed E-state index contributed by atoms with van der Waals surface area (Å²) in [6.45, 7) is 2.77. The highest BCUT2D eigenvalue weighted by atomic mass is 79.9. The van der Waals surface area contributed by atoms with Gasteiger partial charge >= 0.3 is 6.18 Å². The Bertz CT molecular complexity index is 351. The second-order valence-electron chi connectivity index (χ2n) is 4.21. The van der Waals surface area contributed by atoms with Gasteiger partial charge in [-0.1, -0.05) is 6.92 Å². The largest absolute Gasteiger partial charge is 0.389 e. The summed E-state index contributed by atoms with van der Waals surface area (Å²) in [6, 6.07) is 3.79. The molecule has 1 nitrogen and oxygen atoms in total. The summed E-state index contributed by atoms with van der Waals surface area (Å²) in [5.74, 6) is 0. The van der Waals surface area contributed by atoms with Crippen molar-refractivity contribution in [3.63, 3.8) is 0 Å². The van der Waals surface area contributed by atoms with Crippen molar-refractivity contribution in [3.8, 4) is 0 Å². The van der Waals surface area contributed by atoms with Gasteiger partial charge in [0.15, 0.2) is 0 Å². The average molecular weight is 344 g/mol. The van der Waals surface area contributed by atoms with Crippen LogP contribution < -0.4 is 5.32 Å². The Morgan fingerprint density at radius 1 is 1.39 bits per heavy atom. The summed E-state index contributed by atoms with van der Waals surface area (Å²) < 4.78 is 37.8. The van der Waals surface area contributed by atoms with Gasteiger partial charge in [-0.25, -0.2) is 0 Å². The molecule has 1 rings (SSSR count). The standard InChI is InChI=1S/C12H17BrF3NS/c1-2-7-17-9(5-6-12(14,15)16)8-10-3-4-11(13)18-10/h3-4,9,17H,2,5-8H2,1H3. The van der Waals surface area contributed by atoms with Crippen molar-refractivity contribution in [3.05, 3.63) is 20.8 Å². The minimum Gasteiger partial charge on any atom is -0.314 e. The van der Waals surface area contributed by atoms with E-state index in [4.69, 9.17) is 0 Å². The zero-order valence-electron chi connectivity index (χ0n) is 10.2. The maximum absolute atomic E-state index is 12.2. The van der Waals surface area contributed by atoms with E-state index in [0.29, 0.717) is 6.42 Å². The fraction of sp³-hybridized carbons (Fsp3) is 0.667. The molecule has 0 aliphatic heterocycles. The van der Waals surface area contributed by atoms with E-state index in [9.17, 15) is 13.2 Å². The van der Waals surface area contributed by atoms with Crippen LogP contribution in [0.4, 0.5) is 13.2 Å². The van der Waals surface area contributed by atoms with E-state index in [1.165, 1.54) is 0 Å². The van der Waals surface area contributed by atoms with Crippen LogP contribution in [0.3, 0.4) is 0 Å². The predicted molar refractivity (Wildman–Crippen MR) is 73.1 cm³/mol. The molecular formula is C12H17BrF3NS. The SMILES string of the molecule is CCCNC(CCC(F)(F)F)Cc1ccc(Br)s1. The molecule has 0 bridgehead atoms. The van der Waals surface area contributed by atoms with Gasteiger partial charge in [0.25, 0.3) is 0 Å². The molecular weight excluding hydrogens is 327 g/mol. The van der Waals surface area contributed by atoms with Crippen LogP contribution in [-0.4, -0.2) is 18.8 Å². The molecule has 1 atom stereocenters. The summed E-state index contributed by atoms with van der Waals surface area (Å²) in [5.41, 5.74) is 0. The lowest BCUT2D eigenvalue weighted by atomic mass is 10.1. The van der Waals surface area contributed by atoms with E-state index < -0.39 is 12.6 Å². The number of thiophene rings is 1. The third-order valence-corrected chi connectivity index (χ3v) is 4.18. The lowest BCUT2D eigenvalue weighted by Crippen LogP contribution is -2.32. The Kier molecular flexibility index (Phi) is 6.66. The zero-order chi connectivity index (χ0) is 13.6. The van der Waals surface area contributed by atoms with Gasteiger partial charge in [-0.2, -0.15) is 13.2 Å². The molecule has 0 aliphatic carbocycles. The van der Waals surface area contributed by atoms with Gasteiger partial charge < -0.3 is 5.32 Å². The van der Waals surface area contributed by atoms with Crippen LogP contribution in [-0.2, 0) is 6.42 Å². The number of nitrogens with one attached hydrogen (secondary N) is 1. The van der Waals surface area contributed by atoms with Crippen molar-refractivity contribution in [2.75, 3.05) is 6.54 Å². The topological polar surface area (TPSA) is 12.0 Å². The number of hydrogen-bond acceptors (Lipinski definition) is 2. The van der Waals surface area contributed by atoms with Crippen LogP contribution >= 0.6 is 27.3 Å². The van der Waals surface area contributed by atoms with E-state index in [1.807, 2.05) is 19.1 Å². The molecule has 104 valence electrons. The molecule has 0 fully saturated rings. The normalized spacial score (nSPS) is 13.8. The van der Waals surface area contributed by atoms with E-state index >= 15 is 0 Å². The van der Waals surface area contributed by atoms with Crippen LogP contribution in [0.25, 0.3) is 0 Å². The number of rotatable bonds is 7. The monoisotopic (exact) mass is 343 g/mol. The summed E-state index contributed by atoms with van der Waals surface area (Å²) in [4.78, 5) is 1.11. The highest BCUT2D eigenvalue weighted by Gasteiger charge is 2.28. The van der Waals surface area contributed by atoms with Gasteiger partial charge in [-0.05, 0) is 53.9 Å². The summed E-state index contributed by atoms with van der Waals surface area (Å²) in [5, 5.41) is 3.19. The Morgan fingerprint density at radius 2 is 2.11 bits per heavy atom. The molecule has 18 heavy (non-hydrogen) atoms. The summed E-state index contributed by atoms with van der Waals surface area (Å²) >= 11 is 4.94. The lowest BCUT2D eigenvalue weighted by Gasteiger charge is -2.18. The Morgan fingerprint density at radius 3 is 2.61 bits per heavy atom. The molecule has 0 aliphatic rings. The minimum atomic E-state index is -4.07. The molecule has 1 aromatic rings. The molecule has 0 saturated heterocycles. The van der Waals surface area contributed by atoms with Gasteiger partial charge in [0.2, 0.25) is 0 Å². The van der Waals surface area contributed by atoms with Crippen molar-refractivity contribution in [1.82, 2.24) is 5.32 Å². The molecule has 1 N–H and O–H groups in total. The lowest BCUT2D eigenvalue weighted by molar-refractivity contribution is -0.136. The molecule has 0 saturated carbocycles. The number of hydrogen-bond donors (Lipinski definition) is 1. The van der Waals surface area contributed by atoms with Crippen LogP contribution in [0.1, 0.15) is 31.1 Å². The van der Waals surface area contributed by atoms with Crippen LogP contribution in [0.15, 0.2) is 15.9 Å². The number of alkyl halides is 3. The Balaban J connectivity index is 2.49. The third kappa shape index (κ3) is 6.75. The first kappa shape index (κ1) is 16.0. The molecule has 0 amide bonds. The van der Waals surface area contributed by atoms with Gasteiger partial charge in [0.05, 0.1) is 3.79 Å². The summed E-state index contributed by atoms with van der Waals surface area (Å²) in [6.07, 6.45) is -3.06. The smallest absolute Gasteiger partial charge is 0.314 e. The maximum Gasteiger partial charge on any atom is 0.389 e. The highest BCUT2D eigenvalue weighted by molar-refractivity contribution is 9.11. The van der Waals surface area contributed by atoms with Crippen molar-refractivity contribution in [1.29, 1.82) is 0 Å². The van der Waals surface area contributed by atoms with E-state index in [-0.39, 0.29) is 12.5 Å². The fourth-order valence-electron chi connectivity index (χ4n) is 1.67.